The summed E-state index contributed by atoms with van der Waals surface area (Å²) in [7, 11) is 0. The van der Waals surface area contributed by atoms with E-state index in [9.17, 15) is 32.7 Å². The van der Waals surface area contributed by atoms with Gasteiger partial charge in [-0.2, -0.15) is 13.2 Å². The normalized spacial score (nSPS) is 15.6. The van der Waals surface area contributed by atoms with Crippen molar-refractivity contribution in [2.45, 2.75) is 25.1 Å². The molecule has 5 rings (SSSR count). The molecule has 0 bridgehead atoms. The summed E-state index contributed by atoms with van der Waals surface area (Å²) in [6.07, 6.45) is -2.96. The predicted octanol–water partition coefficient (Wildman–Crippen LogP) is 3.11. The number of quaternary nitrogens is 1. The molecule has 0 aliphatic carbocycles. The zero-order chi connectivity index (χ0) is 27.6. The number of piperidine rings is 1. The Morgan fingerprint density at radius 3 is 2.13 bits per heavy atom. The number of nitrogens with two attached hydrogens (primary N) is 1. The van der Waals surface area contributed by atoms with Gasteiger partial charge in [-0.15, -0.1) is 0 Å². The topological polar surface area (TPSA) is 141 Å². The molecule has 0 radical (unpaired) electrons. The Labute approximate surface area is 213 Å². The number of carboxylic acid groups (broad SMARTS) is 2. The van der Waals surface area contributed by atoms with Gasteiger partial charge >= 0.3 is 18.1 Å². The smallest absolute Gasteiger partial charge is 0.478 e. The first-order valence-corrected chi connectivity index (χ1v) is 11.6. The molecule has 198 valence electrons. The molecule has 0 aromatic heterocycles. The fraction of sp³-hybridized carbons (Fsp3) is 0.231. The average molecular weight is 530 g/mol. The lowest BCUT2D eigenvalue weighted by Crippen LogP contribution is -2.87. The van der Waals surface area contributed by atoms with Crippen molar-refractivity contribution in [3.63, 3.8) is 0 Å². The Kier molecular flexibility index (Phi) is 7.35. The molecule has 0 unspecified atom stereocenters. The molecule has 0 atom stereocenters. The van der Waals surface area contributed by atoms with E-state index in [4.69, 9.17) is 9.90 Å². The van der Waals surface area contributed by atoms with Crippen LogP contribution < -0.4 is 15.5 Å². The molecule has 2 amide bonds. The van der Waals surface area contributed by atoms with Crippen LogP contribution in [-0.2, 0) is 4.79 Å². The number of aliphatic carboxylic acids is 1. The van der Waals surface area contributed by atoms with Crippen LogP contribution in [0.2, 0.25) is 0 Å². The lowest BCUT2D eigenvalue weighted by atomic mass is 9.92. The molecule has 9 nitrogen and oxygen atoms in total. The number of rotatable bonds is 4. The lowest BCUT2D eigenvalue weighted by Gasteiger charge is -2.29. The lowest BCUT2D eigenvalue weighted by molar-refractivity contribution is -0.662. The molecule has 1 fully saturated rings. The van der Waals surface area contributed by atoms with Gasteiger partial charge in [0.1, 0.15) is 0 Å². The van der Waals surface area contributed by atoms with Crippen LogP contribution in [0.4, 0.5) is 24.5 Å². The molecule has 0 spiro atoms. The molecule has 3 aromatic rings. The van der Waals surface area contributed by atoms with E-state index in [0.29, 0.717) is 22.6 Å². The third-order valence-electron chi connectivity index (χ3n) is 6.30. The average Bonchev–Trinajstić information content (AvgIpc) is 2.88. The van der Waals surface area contributed by atoms with E-state index in [0.717, 1.165) is 41.9 Å². The molecular weight excluding hydrogens is 507 g/mol. The van der Waals surface area contributed by atoms with Crippen LogP contribution in [0.3, 0.4) is 0 Å². The standard InChI is InChI=1S/C24H21N3O4.C2HF3O2/c28-22-18-6-2-5-17-20(26-15-9-11-25-12-10-15)8-7-19(21(17)18)23(29)27(22)16-4-1-3-14(13-16)24(30)31;3-2(4,5)1(6)7/h1-8,13,15,25-26H,9-12H2,(H,30,31);(H,6,7)/p+1. The molecule has 2 aliphatic heterocycles. The third-order valence-corrected chi connectivity index (χ3v) is 6.30. The maximum Gasteiger partial charge on any atom is 0.490 e. The maximum atomic E-state index is 13.3. The van der Waals surface area contributed by atoms with Gasteiger partial charge in [0.15, 0.2) is 0 Å². The summed E-state index contributed by atoms with van der Waals surface area (Å²) >= 11 is 0. The number of hydrogen-bond donors (Lipinski definition) is 4. The molecule has 2 heterocycles. The first-order chi connectivity index (χ1) is 18.0. The number of nitrogens with one attached hydrogen (secondary N) is 1. The summed E-state index contributed by atoms with van der Waals surface area (Å²) in [5.41, 5.74) is 2.07. The van der Waals surface area contributed by atoms with Crippen molar-refractivity contribution in [1.82, 2.24) is 0 Å². The van der Waals surface area contributed by atoms with Crippen LogP contribution in [-0.4, -0.2) is 59.3 Å². The van der Waals surface area contributed by atoms with Gasteiger partial charge in [-0.3, -0.25) is 9.59 Å². The number of aromatic carboxylic acids is 1. The van der Waals surface area contributed by atoms with Gasteiger partial charge in [-0.25, -0.2) is 14.5 Å². The molecule has 12 heteroatoms. The largest absolute Gasteiger partial charge is 0.490 e. The summed E-state index contributed by atoms with van der Waals surface area (Å²) in [6.45, 7) is 2.17. The number of nitrogens with zero attached hydrogens (tertiary/aromatic N) is 1. The Bertz CT molecular complexity index is 1410. The summed E-state index contributed by atoms with van der Waals surface area (Å²) in [5.74, 6) is -4.77. The Hall–Kier alpha value is -4.45. The van der Waals surface area contributed by atoms with Crippen LogP contribution in [0.25, 0.3) is 10.8 Å². The molecule has 2 aliphatic rings. The van der Waals surface area contributed by atoms with Crippen LogP contribution in [0.5, 0.6) is 0 Å². The molecular formula is C26H23F3N3O6+. The van der Waals surface area contributed by atoms with Crippen LogP contribution in [0.1, 0.15) is 43.9 Å². The highest BCUT2D eigenvalue weighted by molar-refractivity contribution is 6.36. The van der Waals surface area contributed by atoms with Gasteiger partial charge in [0.2, 0.25) is 0 Å². The fourth-order valence-corrected chi connectivity index (χ4v) is 4.53. The number of anilines is 2. The summed E-state index contributed by atoms with van der Waals surface area (Å²) in [4.78, 5) is 48.0. The highest BCUT2D eigenvalue weighted by Gasteiger charge is 2.38. The first-order valence-electron chi connectivity index (χ1n) is 11.6. The van der Waals surface area contributed by atoms with E-state index >= 15 is 0 Å². The van der Waals surface area contributed by atoms with Gasteiger partial charge in [-0.05, 0) is 36.4 Å². The van der Waals surface area contributed by atoms with Crippen LogP contribution in [0.15, 0.2) is 54.6 Å². The number of benzene rings is 3. The molecule has 38 heavy (non-hydrogen) atoms. The van der Waals surface area contributed by atoms with Gasteiger partial charge in [-0.1, -0.05) is 18.2 Å². The van der Waals surface area contributed by atoms with Crippen molar-refractivity contribution in [3.05, 3.63) is 71.3 Å². The van der Waals surface area contributed by atoms with Crippen LogP contribution >= 0.6 is 0 Å². The molecule has 0 saturated carbocycles. The van der Waals surface area contributed by atoms with Gasteiger partial charge in [0, 0.05) is 46.5 Å². The Balaban J connectivity index is 0.000000426. The number of carboxylic acids is 2. The number of amides is 2. The fourth-order valence-electron chi connectivity index (χ4n) is 4.53. The van der Waals surface area contributed by atoms with Crippen molar-refractivity contribution >= 4 is 45.9 Å². The van der Waals surface area contributed by atoms with Crippen molar-refractivity contribution in [2.75, 3.05) is 23.3 Å². The zero-order valence-electron chi connectivity index (χ0n) is 19.8. The quantitative estimate of drug-likeness (QED) is 0.380. The second kappa shape index (κ2) is 10.5. The van der Waals surface area contributed by atoms with E-state index in [1.165, 1.54) is 18.2 Å². The minimum atomic E-state index is -5.08. The number of hydrogen-bond acceptors (Lipinski definition) is 5. The summed E-state index contributed by atoms with van der Waals surface area (Å²) < 4.78 is 31.7. The van der Waals surface area contributed by atoms with E-state index in [2.05, 4.69) is 10.6 Å². The van der Waals surface area contributed by atoms with Crippen molar-refractivity contribution < 1.29 is 47.9 Å². The Morgan fingerprint density at radius 2 is 1.53 bits per heavy atom. The molecule has 1 saturated heterocycles. The van der Waals surface area contributed by atoms with E-state index < -0.39 is 29.9 Å². The van der Waals surface area contributed by atoms with E-state index in [1.807, 2.05) is 18.2 Å². The number of carbonyl (C=O) groups is 4. The van der Waals surface area contributed by atoms with Gasteiger partial charge < -0.3 is 20.8 Å². The van der Waals surface area contributed by atoms with E-state index in [1.54, 1.807) is 18.2 Å². The molecule has 3 aromatic carbocycles. The number of imide groups is 1. The Morgan fingerprint density at radius 1 is 0.921 bits per heavy atom. The minimum Gasteiger partial charge on any atom is -0.478 e. The van der Waals surface area contributed by atoms with Gasteiger partial charge in [0.05, 0.1) is 24.3 Å². The second-order valence-corrected chi connectivity index (χ2v) is 8.78. The van der Waals surface area contributed by atoms with Gasteiger partial charge in [0.25, 0.3) is 11.8 Å². The van der Waals surface area contributed by atoms with Crippen molar-refractivity contribution in [3.8, 4) is 0 Å². The highest BCUT2D eigenvalue weighted by Crippen LogP contribution is 2.36. The number of alkyl halides is 3. The molecule has 5 N–H and O–H groups in total. The van der Waals surface area contributed by atoms with Crippen molar-refractivity contribution in [2.24, 2.45) is 0 Å². The minimum absolute atomic E-state index is 0.0198. The SMILES string of the molecule is O=C(O)C(F)(F)F.O=C(O)c1cccc(N2C(=O)c3cccc4c(NC5CC[NH2+]CC5)ccc(c34)C2=O)c1. The zero-order valence-corrected chi connectivity index (χ0v) is 19.8. The second-order valence-electron chi connectivity index (χ2n) is 8.78. The third kappa shape index (κ3) is 5.30. The first kappa shape index (κ1) is 26.6. The predicted molar refractivity (Wildman–Crippen MR) is 130 cm³/mol. The maximum absolute atomic E-state index is 13.3. The highest BCUT2D eigenvalue weighted by atomic mass is 19.4. The summed E-state index contributed by atoms with van der Waals surface area (Å²) in [6, 6.07) is 15.4. The van der Waals surface area contributed by atoms with Crippen molar-refractivity contribution in [1.29, 1.82) is 0 Å². The van der Waals surface area contributed by atoms with E-state index in [-0.39, 0.29) is 11.3 Å². The monoisotopic (exact) mass is 530 g/mol. The summed E-state index contributed by atoms with van der Waals surface area (Å²) in [5, 5.41) is 23.8. The number of halogens is 3. The number of carbonyl (C=O) groups excluding carboxylic acids is 2. The van der Waals surface area contributed by atoms with Crippen LogP contribution in [0, 0.1) is 0 Å².